The number of carbonyl (C=O) groups is 1. The van der Waals surface area contributed by atoms with Gasteiger partial charge in [0, 0.05) is 10.8 Å². The molecule has 0 aliphatic carbocycles. The van der Waals surface area contributed by atoms with Crippen LogP contribution in [0.1, 0.15) is 24.0 Å². The first-order chi connectivity index (χ1) is 9.70. The van der Waals surface area contributed by atoms with E-state index >= 15 is 0 Å². The van der Waals surface area contributed by atoms with Gasteiger partial charge in [0.1, 0.15) is 5.76 Å². The van der Waals surface area contributed by atoms with Crippen molar-refractivity contribution in [2.45, 2.75) is 26.4 Å². The van der Waals surface area contributed by atoms with Crippen LogP contribution in [0.5, 0.6) is 0 Å². The summed E-state index contributed by atoms with van der Waals surface area (Å²) in [5.41, 5.74) is 5.55. The van der Waals surface area contributed by atoms with Crippen LogP contribution in [0, 0.1) is 5.92 Å². The summed E-state index contributed by atoms with van der Waals surface area (Å²) >= 11 is 1.66. The molecule has 2 rings (SSSR count). The van der Waals surface area contributed by atoms with Gasteiger partial charge in [0.2, 0.25) is 5.91 Å². The average molecular weight is 292 g/mol. The Morgan fingerprint density at radius 2 is 2.25 bits per heavy atom. The highest BCUT2D eigenvalue weighted by atomic mass is 32.1. The number of carbonyl (C=O) groups excluding carboxylic acids is 1. The lowest BCUT2D eigenvalue weighted by Gasteiger charge is -2.24. The fraction of sp³-hybridized carbons (Fsp3) is 0.400. The molecular formula is C15H20N2O2S. The molecule has 2 heterocycles. The van der Waals surface area contributed by atoms with E-state index in [0.29, 0.717) is 26.1 Å². The number of furan rings is 1. The quantitative estimate of drug-likeness (QED) is 0.853. The normalized spacial score (nSPS) is 12.3. The Morgan fingerprint density at radius 1 is 1.40 bits per heavy atom. The van der Waals surface area contributed by atoms with Gasteiger partial charge in [-0.25, -0.2) is 0 Å². The van der Waals surface area contributed by atoms with Crippen LogP contribution >= 0.6 is 11.3 Å². The van der Waals surface area contributed by atoms with Crippen LogP contribution in [0.3, 0.4) is 0 Å². The highest BCUT2D eigenvalue weighted by Gasteiger charge is 2.21. The maximum absolute atomic E-state index is 12.5. The Bertz CT molecular complexity index is 472. The van der Waals surface area contributed by atoms with Crippen LogP contribution in [0.25, 0.3) is 0 Å². The second kappa shape index (κ2) is 7.26. The van der Waals surface area contributed by atoms with Gasteiger partial charge in [-0.15, -0.1) is 11.3 Å². The van der Waals surface area contributed by atoms with Gasteiger partial charge in [0.15, 0.2) is 0 Å². The van der Waals surface area contributed by atoms with Gasteiger partial charge in [-0.2, -0.15) is 0 Å². The predicted octanol–water partition coefficient (Wildman–Crippen LogP) is 2.85. The molecule has 20 heavy (non-hydrogen) atoms. The summed E-state index contributed by atoms with van der Waals surface area (Å²) in [7, 11) is 0. The zero-order chi connectivity index (χ0) is 14.4. The van der Waals surface area contributed by atoms with E-state index in [1.165, 1.54) is 4.88 Å². The van der Waals surface area contributed by atoms with Crippen LogP contribution in [0.4, 0.5) is 0 Å². The van der Waals surface area contributed by atoms with Crippen molar-refractivity contribution in [2.24, 2.45) is 11.7 Å². The van der Waals surface area contributed by atoms with Crippen molar-refractivity contribution in [2.75, 3.05) is 6.54 Å². The number of amides is 1. The topological polar surface area (TPSA) is 59.5 Å². The van der Waals surface area contributed by atoms with E-state index in [2.05, 4.69) is 0 Å². The second-order valence-corrected chi connectivity index (χ2v) is 5.86. The molecule has 108 valence electrons. The minimum atomic E-state index is -0.0603. The summed E-state index contributed by atoms with van der Waals surface area (Å²) in [6, 6.07) is 7.77. The Labute approximate surface area is 123 Å². The van der Waals surface area contributed by atoms with Crippen molar-refractivity contribution in [3.8, 4) is 0 Å². The number of hydrogen-bond acceptors (Lipinski definition) is 4. The van der Waals surface area contributed by atoms with E-state index in [9.17, 15) is 4.79 Å². The van der Waals surface area contributed by atoms with Crippen molar-refractivity contribution >= 4 is 17.2 Å². The number of nitrogens with two attached hydrogens (primary N) is 1. The third kappa shape index (κ3) is 3.95. The first-order valence-electron chi connectivity index (χ1n) is 6.74. The van der Waals surface area contributed by atoms with E-state index in [4.69, 9.17) is 10.2 Å². The Balaban J connectivity index is 2.08. The van der Waals surface area contributed by atoms with Crippen molar-refractivity contribution in [3.63, 3.8) is 0 Å². The summed E-state index contributed by atoms with van der Waals surface area (Å²) in [6.07, 6.45) is 2.34. The summed E-state index contributed by atoms with van der Waals surface area (Å²) in [5, 5.41) is 2.02. The van der Waals surface area contributed by atoms with Crippen LogP contribution in [0.15, 0.2) is 40.3 Å². The van der Waals surface area contributed by atoms with E-state index in [1.54, 1.807) is 17.6 Å². The molecule has 0 saturated carbocycles. The highest BCUT2D eigenvalue weighted by Crippen LogP contribution is 2.18. The lowest BCUT2D eigenvalue weighted by atomic mass is 10.1. The highest BCUT2D eigenvalue weighted by molar-refractivity contribution is 7.09. The summed E-state index contributed by atoms with van der Waals surface area (Å²) < 4.78 is 5.36. The van der Waals surface area contributed by atoms with Gasteiger partial charge in [0.25, 0.3) is 0 Å². The maximum Gasteiger partial charge on any atom is 0.226 e. The number of nitrogens with zero attached hydrogens (tertiary/aromatic N) is 1. The summed E-state index contributed by atoms with van der Waals surface area (Å²) in [5.74, 6) is 0.866. The van der Waals surface area contributed by atoms with Crippen molar-refractivity contribution < 1.29 is 9.21 Å². The molecule has 2 N–H and O–H groups in total. The largest absolute Gasteiger partial charge is 0.467 e. The average Bonchev–Trinajstić information content (AvgIpc) is 3.10. The van der Waals surface area contributed by atoms with Crippen LogP contribution in [-0.2, 0) is 17.9 Å². The molecule has 0 bridgehead atoms. The van der Waals surface area contributed by atoms with Gasteiger partial charge in [-0.1, -0.05) is 13.0 Å². The summed E-state index contributed by atoms with van der Waals surface area (Å²) in [6.45, 7) is 3.57. The number of rotatable bonds is 7. The van der Waals surface area contributed by atoms with E-state index in [-0.39, 0.29) is 11.8 Å². The molecule has 1 amide bonds. The minimum Gasteiger partial charge on any atom is -0.467 e. The van der Waals surface area contributed by atoms with Gasteiger partial charge in [0.05, 0.1) is 19.4 Å². The molecule has 5 heteroatoms. The zero-order valence-electron chi connectivity index (χ0n) is 11.6. The van der Waals surface area contributed by atoms with E-state index in [1.807, 2.05) is 41.5 Å². The molecule has 0 aromatic carbocycles. The Hall–Kier alpha value is -1.59. The lowest BCUT2D eigenvalue weighted by molar-refractivity contribution is -0.136. The smallest absolute Gasteiger partial charge is 0.226 e. The maximum atomic E-state index is 12.5. The first kappa shape index (κ1) is 14.8. The van der Waals surface area contributed by atoms with Crippen molar-refractivity contribution in [3.05, 3.63) is 46.5 Å². The molecule has 2 aromatic heterocycles. The molecule has 0 spiro atoms. The fourth-order valence-corrected chi connectivity index (χ4v) is 2.80. The molecule has 2 aromatic rings. The van der Waals surface area contributed by atoms with Gasteiger partial charge in [-0.05, 0) is 36.5 Å². The van der Waals surface area contributed by atoms with Gasteiger partial charge < -0.3 is 15.1 Å². The van der Waals surface area contributed by atoms with Crippen LogP contribution in [-0.4, -0.2) is 17.4 Å². The molecular weight excluding hydrogens is 272 g/mol. The second-order valence-electron chi connectivity index (χ2n) is 4.83. The molecule has 0 aliphatic rings. The van der Waals surface area contributed by atoms with E-state index < -0.39 is 0 Å². The fourth-order valence-electron chi connectivity index (χ4n) is 2.08. The molecule has 4 nitrogen and oxygen atoms in total. The predicted molar refractivity (Wildman–Crippen MR) is 80.1 cm³/mol. The number of thiophene rings is 1. The number of hydrogen-bond donors (Lipinski definition) is 1. The van der Waals surface area contributed by atoms with Crippen molar-refractivity contribution in [1.29, 1.82) is 0 Å². The van der Waals surface area contributed by atoms with Gasteiger partial charge >= 0.3 is 0 Å². The Kier molecular flexibility index (Phi) is 5.38. The third-order valence-electron chi connectivity index (χ3n) is 3.19. The molecule has 0 saturated heterocycles. The third-order valence-corrected chi connectivity index (χ3v) is 4.05. The molecule has 0 aliphatic heterocycles. The minimum absolute atomic E-state index is 0.0603. The standard InChI is InChI=1S/C15H20N2O2S/c1-12(6-7-16)15(18)17(10-13-4-2-8-19-13)11-14-5-3-9-20-14/h2-5,8-9,12H,6-7,10-11,16H2,1H3. The van der Waals surface area contributed by atoms with Crippen LogP contribution < -0.4 is 5.73 Å². The monoisotopic (exact) mass is 292 g/mol. The first-order valence-corrected chi connectivity index (χ1v) is 7.62. The molecule has 0 radical (unpaired) electrons. The lowest BCUT2D eigenvalue weighted by Crippen LogP contribution is -2.34. The molecule has 1 atom stereocenters. The van der Waals surface area contributed by atoms with Gasteiger partial charge in [-0.3, -0.25) is 4.79 Å². The molecule has 0 fully saturated rings. The Morgan fingerprint density at radius 3 is 2.85 bits per heavy atom. The molecule has 1 unspecified atom stereocenters. The zero-order valence-corrected chi connectivity index (χ0v) is 12.4. The van der Waals surface area contributed by atoms with E-state index in [0.717, 1.165) is 5.76 Å². The van der Waals surface area contributed by atoms with Crippen molar-refractivity contribution in [1.82, 2.24) is 4.90 Å². The summed E-state index contributed by atoms with van der Waals surface area (Å²) in [4.78, 5) is 15.5. The van der Waals surface area contributed by atoms with Crippen LogP contribution in [0.2, 0.25) is 0 Å². The SMILES string of the molecule is CC(CCN)C(=O)N(Cc1ccco1)Cc1cccs1.